The Bertz CT molecular complexity index is 2360. The molecule has 6 aromatic rings. The summed E-state index contributed by atoms with van der Waals surface area (Å²) in [6.45, 7) is 0.431. The van der Waals surface area contributed by atoms with E-state index in [-0.39, 0.29) is 11.6 Å². The van der Waals surface area contributed by atoms with E-state index in [2.05, 4.69) is 115 Å². The molecule has 1 aliphatic heterocycles. The molecule has 0 bridgehead atoms. The fourth-order valence-corrected chi connectivity index (χ4v) is 9.20. The smallest absolute Gasteiger partial charge is 0.271 e. The third kappa shape index (κ3) is 5.35. The Hall–Kier alpha value is -3.56. The van der Waals surface area contributed by atoms with E-state index in [1.54, 1.807) is 0 Å². The SMILES string of the molecule is O=c1/c(=C/c2cc(Br)c(OCc3cccc4ccccc34)c(Br)c2)sc2n1[C@@H](c1ccc(Br)cc1)C1=C(N=2)c2ccccc2CC1. The lowest BCUT2D eigenvalue weighted by molar-refractivity contribution is 0.303. The summed E-state index contributed by atoms with van der Waals surface area (Å²) in [7, 11) is 0. The van der Waals surface area contributed by atoms with Gasteiger partial charge in [-0.1, -0.05) is 106 Å². The summed E-state index contributed by atoms with van der Waals surface area (Å²) < 4.78 is 11.5. The maximum atomic E-state index is 14.2. The van der Waals surface area contributed by atoms with Crippen molar-refractivity contribution >= 4 is 81.7 Å². The molecule has 0 radical (unpaired) electrons. The Balaban J connectivity index is 1.19. The van der Waals surface area contributed by atoms with Crippen LogP contribution in [0.5, 0.6) is 5.75 Å². The van der Waals surface area contributed by atoms with Gasteiger partial charge in [0.1, 0.15) is 12.4 Å². The van der Waals surface area contributed by atoms with Crippen LogP contribution in [0.4, 0.5) is 0 Å². The van der Waals surface area contributed by atoms with Gasteiger partial charge in [0.15, 0.2) is 4.80 Å². The van der Waals surface area contributed by atoms with E-state index in [1.165, 1.54) is 33.2 Å². The molecule has 4 nitrogen and oxygen atoms in total. The van der Waals surface area contributed by atoms with Crippen LogP contribution in [0.15, 0.2) is 132 Å². The van der Waals surface area contributed by atoms with Crippen LogP contribution in [-0.4, -0.2) is 4.57 Å². The normalized spacial score (nSPS) is 15.7. The number of fused-ring (bicyclic) bond motifs is 4. The van der Waals surface area contributed by atoms with Gasteiger partial charge in [-0.05, 0) is 114 Å². The zero-order valence-electron chi connectivity index (χ0n) is 24.3. The molecule has 0 saturated heterocycles. The number of hydrogen-bond acceptors (Lipinski definition) is 4. The summed E-state index contributed by atoms with van der Waals surface area (Å²) in [5.74, 6) is 0.716. The first-order valence-corrected chi connectivity index (χ1v) is 18.1. The molecule has 0 spiro atoms. The van der Waals surface area contributed by atoms with Crippen molar-refractivity contribution in [3.05, 3.63) is 170 Å². The largest absolute Gasteiger partial charge is 0.487 e. The number of nitrogens with zero attached hydrogens (tertiary/aromatic N) is 2. The van der Waals surface area contributed by atoms with Crippen LogP contribution in [0, 0.1) is 0 Å². The summed E-state index contributed by atoms with van der Waals surface area (Å²) in [6, 6.07) is 35.1. The summed E-state index contributed by atoms with van der Waals surface area (Å²) in [6.07, 6.45) is 3.74. The molecule has 1 aliphatic carbocycles. The third-order valence-electron chi connectivity index (χ3n) is 8.63. The molecule has 0 amide bonds. The molecule has 2 aliphatic rings. The molecule has 5 aromatic carbocycles. The quantitative estimate of drug-likeness (QED) is 0.174. The molecule has 226 valence electrons. The Morgan fingerprint density at radius 2 is 1.61 bits per heavy atom. The first-order valence-electron chi connectivity index (χ1n) is 14.9. The van der Waals surface area contributed by atoms with E-state index in [9.17, 15) is 4.79 Å². The number of ether oxygens (including phenoxy) is 1. The van der Waals surface area contributed by atoms with Gasteiger partial charge in [-0.3, -0.25) is 9.36 Å². The maximum absolute atomic E-state index is 14.2. The van der Waals surface area contributed by atoms with Crippen molar-refractivity contribution in [3.63, 3.8) is 0 Å². The highest BCUT2D eigenvalue weighted by molar-refractivity contribution is 9.11. The number of thiazole rings is 1. The van der Waals surface area contributed by atoms with Crippen LogP contribution in [-0.2, 0) is 13.0 Å². The zero-order valence-corrected chi connectivity index (χ0v) is 29.9. The summed E-state index contributed by atoms with van der Waals surface area (Å²) in [5, 5.41) is 2.36. The van der Waals surface area contributed by atoms with E-state index >= 15 is 0 Å². The van der Waals surface area contributed by atoms with Gasteiger partial charge in [-0.2, -0.15) is 0 Å². The maximum Gasteiger partial charge on any atom is 0.271 e. The van der Waals surface area contributed by atoms with Crippen LogP contribution in [0.3, 0.4) is 0 Å². The standard InChI is InChI=1S/C38H25Br3N2O2S/c39-27-15-12-25(13-16-27)35-30-17-14-24-7-2-4-11-29(24)34(30)42-38-43(35)37(44)33(46-38)20-22-18-31(40)36(32(41)19-22)45-21-26-9-5-8-23-6-1-3-10-28(23)26/h1-13,15-16,18-20,35H,14,17,21H2/b33-20-/t35-/m0/s1. The highest BCUT2D eigenvalue weighted by Crippen LogP contribution is 2.41. The van der Waals surface area contributed by atoms with Gasteiger partial charge in [0.2, 0.25) is 0 Å². The summed E-state index contributed by atoms with van der Waals surface area (Å²) >= 11 is 12.5. The lowest BCUT2D eigenvalue weighted by Crippen LogP contribution is -2.38. The number of benzene rings is 5. The average Bonchev–Trinajstić information content (AvgIpc) is 3.37. The Morgan fingerprint density at radius 1 is 0.870 bits per heavy atom. The minimum absolute atomic E-state index is 0.0365. The molecular formula is C38H25Br3N2O2S. The number of rotatable bonds is 5. The molecule has 1 atom stereocenters. The predicted octanol–water partition coefficient (Wildman–Crippen LogP) is 9.34. The molecule has 2 heterocycles. The molecule has 0 N–H and O–H groups in total. The van der Waals surface area contributed by atoms with Gasteiger partial charge >= 0.3 is 0 Å². The molecule has 8 rings (SSSR count). The molecule has 46 heavy (non-hydrogen) atoms. The van der Waals surface area contributed by atoms with Gasteiger partial charge in [0.05, 0.1) is 25.2 Å². The second-order valence-corrected chi connectivity index (χ2v) is 15.0. The van der Waals surface area contributed by atoms with Crippen molar-refractivity contribution < 1.29 is 4.74 Å². The van der Waals surface area contributed by atoms with E-state index in [4.69, 9.17) is 9.73 Å². The van der Waals surface area contributed by atoms with Gasteiger partial charge in [-0.25, -0.2) is 4.99 Å². The number of allylic oxidation sites excluding steroid dienone is 1. The van der Waals surface area contributed by atoms with Crippen LogP contribution >= 0.6 is 59.1 Å². The molecular weight excluding hydrogens is 788 g/mol. The second-order valence-electron chi connectivity index (χ2n) is 11.4. The molecule has 8 heteroatoms. The first kappa shape index (κ1) is 29.8. The first-order chi connectivity index (χ1) is 22.4. The second kappa shape index (κ2) is 12.2. The topological polar surface area (TPSA) is 43.6 Å². The van der Waals surface area contributed by atoms with Crippen LogP contribution in [0.25, 0.3) is 22.5 Å². The van der Waals surface area contributed by atoms with Crippen molar-refractivity contribution in [2.24, 2.45) is 4.99 Å². The number of aromatic nitrogens is 1. The van der Waals surface area contributed by atoms with Gasteiger partial charge < -0.3 is 4.74 Å². The van der Waals surface area contributed by atoms with E-state index in [0.29, 0.717) is 21.7 Å². The molecule has 0 unspecified atom stereocenters. The van der Waals surface area contributed by atoms with E-state index < -0.39 is 0 Å². The Morgan fingerprint density at radius 3 is 2.43 bits per heavy atom. The zero-order chi connectivity index (χ0) is 31.4. The van der Waals surface area contributed by atoms with Crippen LogP contribution < -0.4 is 19.6 Å². The van der Waals surface area contributed by atoms with Crippen molar-refractivity contribution in [2.75, 3.05) is 0 Å². The highest BCUT2D eigenvalue weighted by Gasteiger charge is 2.32. The summed E-state index contributed by atoms with van der Waals surface area (Å²) in [4.78, 5) is 20.1. The minimum Gasteiger partial charge on any atom is -0.487 e. The fraction of sp³-hybridized carbons (Fsp3) is 0.105. The third-order valence-corrected chi connectivity index (χ3v) is 11.3. The fourth-order valence-electron chi connectivity index (χ4n) is 6.49. The van der Waals surface area contributed by atoms with Crippen LogP contribution in [0.1, 0.15) is 40.3 Å². The highest BCUT2D eigenvalue weighted by atomic mass is 79.9. The van der Waals surface area contributed by atoms with Gasteiger partial charge in [0, 0.05) is 10.0 Å². The lowest BCUT2D eigenvalue weighted by Gasteiger charge is -2.30. The van der Waals surface area contributed by atoms with Crippen molar-refractivity contribution in [1.29, 1.82) is 0 Å². The van der Waals surface area contributed by atoms with Crippen LogP contribution in [0.2, 0.25) is 0 Å². The number of aryl methyl sites for hydroxylation is 1. The Labute approximate surface area is 294 Å². The number of halogens is 3. The van der Waals surface area contributed by atoms with E-state index in [0.717, 1.165) is 54.2 Å². The summed E-state index contributed by atoms with van der Waals surface area (Å²) in [5.41, 5.74) is 7.70. The predicted molar refractivity (Wildman–Crippen MR) is 197 cm³/mol. The average molecular weight is 813 g/mol. The van der Waals surface area contributed by atoms with Gasteiger partial charge in [-0.15, -0.1) is 0 Å². The monoisotopic (exact) mass is 810 g/mol. The van der Waals surface area contributed by atoms with E-state index in [1.807, 2.05) is 47.0 Å². The molecule has 0 saturated carbocycles. The van der Waals surface area contributed by atoms with Gasteiger partial charge in [0.25, 0.3) is 5.56 Å². The molecule has 1 aromatic heterocycles. The van der Waals surface area contributed by atoms with Crippen molar-refractivity contribution in [1.82, 2.24) is 4.57 Å². The Kier molecular flexibility index (Phi) is 7.93. The number of hydrogen-bond donors (Lipinski definition) is 0. The molecule has 0 fully saturated rings. The van der Waals surface area contributed by atoms with Crippen molar-refractivity contribution in [2.45, 2.75) is 25.5 Å². The van der Waals surface area contributed by atoms with Crippen molar-refractivity contribution in [3.8, 4) is 5.75 Å². The lowest BCUT2D eigenvalue weighted by atomic mass is 9.83. The minimum atomic E-state index is -0.210.